The average Bonchev–Trinajstić information content (AvgIpc) is 3.09. The molecule has 0 atom stereocenters. The minimum Gasteiger partial charge on any atom is -0.395 e. The molecule has 10 heteroatoms. The van der Waals surface area contributed by atoms with Gasteiger partial charge in [0.05, 0.1) is 12.9 Å². The first-order chi connectivity index (χ1) is 13.9. The molecule has 2 heterocycles. The summed E-state index contributed by atoms with van der Waals surface area (Å²) in [6.07, 6.45) is 1.76. The van der Waals surface area contributed by atoms with Gasteiger partial charge in [0.1, 0.15) is 0 Å². The number of nitrogens with one attached hydrogen (secondary N) is 1. The molecule has 0 aliphatic rings. The number of fused-ring (bicyclic) bond motifs is 1. The number of hydrogen-bond acceptors (Lipinski definition) is 7. The lowest BCUT2D eigenvalue weighted by molar-refractivity contribution is 0.301. The fourth-order valence-electron chi connectivity index (χ4n) is 3.03. The van der Waals surface area contributed by atoms with Crippen molar-refractivity contribution in [2.24, 2.45) is 5.73 Å². The van der Waals surface area contributed by atoms with Crippen LogP contribution in [0.4, 0.5) is 11.8 Å². The molecule has 1 aromatic carbocycles. The van der Waals surface area contributed by atoms with Crippen molar-refractivity contribution in [2.45, 2.75) is 26.4 Å². The van der Waals surface area contributed by atoms with Crippen LogP contribution < -0.4 is 16.0 Å². The molecule has 0 saturated heterocycles. The molecule has 4 N–H and O–H groups in total. The van der Waals surface area contributed by atoms with Crippen molar-refractivity contribution in [2.75, 3.05) is 36.5 Å². The van der Waals surface area contributed by atoms with Crippen LogP contribution in [0.3, 0.4) is 0 Å². The maximum atomic E-state index is 9.42. The van der Waals surface area contributed by atoms with Gasteiger partial charge < -0.3 is 25.6 Å². The highest BCUT2D eigenvalue weighted by molar-refractivity contribution is 6.34. The molecule has 0 aliphatic heterocycles. The average molecular weight is 438 g/mol. The summed E-state index contributed by atoms with van der Waals surface area (Å²) in [5.41, 5.74) is 8.05. The number of aliphatic hydroxyl groups excluding tert-OH is 1. The van der Waals surface area contributed by atoms with Gasteiger partial charge in [-0.05, 0) is 37.6 Å². The molecule has 3 rings (SSSR count). The van der Waals surface area contributed by atoms with E-state index in [2.05, 4.69) is 29.1 Å². The second-order valence-corrected chi connectivity index (χ2v) is 7.79. The van der Waals surface area contributed by atoms with Crippen molar-refractivity contribution < 1.29 is 5.11 Å². The minimum absolute atomic E-state index is 0.0192. The Morgan fingerprint density at radius 3 is 2.52 bits per heavy atom. The third kappa shape index (κ3) is 5.08. The summed E-state index contributed by atoms with van der Waals surface area (Å²) in [4.78, 5) is 15.7. The van der Waals surface area contributed by atoms with Crippen LogP contribution in [0.5, 0.6) is 0 Å². The molecule has 8 nitrogen and oxygen atoms in total. The number of rotatable bonds is 9. The Bertz CT molecular complexity index is 950. The maximum absolute atomic E-state index is 9.42. The van der Waals surface area contributed by atoms with Gasteiger partial charge in [0, 0.05) is 42.3 Å². The molecule has 0 bridgehead atoms. The zero-order valence-corrected chi connectivity index (χ0v) is 18.0. The molecule has 0 fully saturated rings. The highest BCUT2D eigenvalue weighted by Gasteiger charge is 2.18. The first-order valence-electron chi connectivity index (χ1n) is 9.42. The third-order valence-corrected chi connectivity index (χ3v) is 4.84. The van der Waals surface area contributed by atoms with E-state index < -0.39 is 0 Å². The summed E-state index contributed by atoms with van der Waals surface area (Å²) in [6, 6.07) is 5.57. The van der Waals surface area contributed by atoms with Crippen molar-refractivity contribution in [3.05, 3.63) is 40.1 Å². The topological polar surface area (TPSA) is 105 Å². The number of hydrogen-bond donors (Lipinski definition) is 3. The van der Waals surface area contributed by atoms with Crippen LogP contribution in [-0.2, 0) is 6.54 Å². The molecule has 3 aromatic rings. The van der Waals surface area contributed by atoms with Gasteiger partial charge in [0.25, 0.3) is 0 Å². The summed E-state index contributed by atoms with van der Waals surface area (Å²) >= 11 is 12.2. The number of halogens is 2. The molecule has 0 saturated carbocycles. The van der Waals surface area contributed by atoms with Gasteiger partial charge in [0.2, 0.25) is 5.95 Å². The Hall–Kier alpha value is -2.13. The Labute approximate surface area is 179 Å². The fourth-order valence-corrected chi connectivity index (χ4v) is 3.61. The van der Waals surface area contributed by atoms with Crippen LogP contribution in [0.1, 0.15) is 25.5 Å². The molecule has 156 valence electrons. The van der Waals surface area contributed by atoms with Gasteiger partial charge in [-0.15, -0.1) is 0 Å². The first-order valence-corrected chi connectivity index (χ1v) is 10.2. The normalized spacial score (nSPS) is 11.4. The number of nitrogens with two attached hydrogens (primary N) is 1. The standard InChI is InChI=1S/C19H25Cl2N7O/c1-12(2)28-11-24-16-17(23-10-13-7-14(20)9-15(21)8-13)25-19(26-18(16)28)27(4-3-22)5-6-29/h7-9,11-12,29H,3-6,10,22H2,1-2H3,(H,23,25,26). The highest BCUT2D eigenvalue weighted by atomic mass is 35.5. The Morgan fingerprint density at radius 1 is 1.17 bits per heavy atom. The molecule has 0 unspecified atom stereocenters. The van der Waals surface area contributed by atoms with Gasteiger partial charge in [-0.3, -0.25) is 0 Å². The van der Waals surface area contributed by atoms with Crippen LogP contribution in [0, 0.1) is 0 Å². The Kier molecular flexibility index (Phi) is 7.13. The van der Waals surface area contributed by atoms with Crippen LogP contribution in [-0.4, -0.2) is 50.9 Å². The zero-order valence-electron chi connectivity index (χ0n) is 16.4. The maximum Gasteiger partial charge on any atom is 0.229 e. The summed E-state index contributed by atoms with van der Waals surface area (Å²) < 4.78 is 1.99. The fraction of sp³-hybridized carbons (Fsp3) is 0.421. The lowest BCUT2D eigenvalue weighted by Crippen LogP contribution is -2.33. The molecule has 29 heavy (non-hydrogen) atoms. The van der Waals surface area contributed by atoms with Crippen LogP contribution in [0.15, 0.2) is 24.5 Å². The number of aliphatic hydroxyl groups is 1. The van der Waals surface area contributed by atoms with Crippen molar-refractivity contribution in [1.29, 1.82) is 0 Å². The number of anilines is 2. The Balaban J connectivity index is 2.01. The van der Waals surface area contributed by atoms with E-state index >= 15 is 0 Å². The van der Waals surface area contributed by atoms with Crippen molar-refractivity contribution in [3.8, 4) is 0 Å². The molecular weight excluding hydrogens is 413 g/mol. The lowest BCUT2D eigenvalue weighted by Gasteiger charge is -2.22. The van der Waals surface area contributed by atoms with Crippen molar-refractivity contribution in [3.63, 3.8) is 0 Å². The summed E-state index contributed by atoms with van der Waals surface area (Å²) in [5.74, 6) is 1.09. The van der Waals surface area contributed by atoms with Gasteiger partial charge in [0.15, 0.2) is 17.0 Å². The van der Waals surface area contributed by atoms with Gasteiger partial charge in [-0.25, -0.2) is 4.98 Å². The van der Waals surface area contributed by atoms with E-state index in [1.165, 1.54) is 0 Å². The highest BCUT2D eigenvalue weighted by Crippen LogP contribution is 2.26. The summed E-state index contributed by atoms with van der Waals surface area (Å²) in [5, 5.41) is 13.9. The van der Waals surface area contributed by atoms with E-state index in [0.29, 0.717) is 53.5 Å². The third-order valence-electron chi connectivity index (χ3n) is 4.40. The summed E-state index contributed by atoms with van der Waals surface area (Å²) in [7, 11) is 0. The quantitative estimate of drug-likeness (QED) is 0.472. The van der Waals surface area contributed by atoms with Crippen LogP contribution >= 0.6 is 23.2 Å². The molecule has 0 spiro atoms. The van der Waals surface area contributed by atoms with E-state index in [1.807, 2.05) is 21.6 Å². The molecule has 0 amide bonds. The Morgan fingerprint density at radius 2 is 1.90 bits per heavy atom. The van der Waals surface area contributed by atoms with E-state index in [0.717, 1.165) is 11.2 Å². The van der Waals surface area contributed by atoms with Gasteiger partial charge in [-0.1, -0.05) is 23.2 Å². The SMILES string of the molecule is CC(C)n1cnc2c(NCc3cc(Cl)cc(Cl)c3)nc(N(CCN)CCO)nc21. The molecule has 0 aliphatic carbocycles. The van der Waals surface area contributed by atoms with E-state index in [-0.39, 0.29) is 12.6 Å². The van der Waals surface area contributed by atoms with E-state index in [9.17, 15) is 5.11 Å². The monoisotopic (exact) mass is 437 g/mol. The van der Waals surface area contributed by atoms with Crippen LogP contribution in [0.2, 0.25) is 10.0 Å². The molecular formula is C19H25Cl2N7O. The number of benzene rings is 1. The number of aromatic nitrogens is 4. The first kappa shape index (κ1) is 21.6. The molecule has 2 aromatic heterocycles. The minimum atomic E-state index is -0.0192. The largest absolute Gasteiger partial charge is 0.395 e. The summed E-state index contributed by atoms with van der Waals surface area (Å²) in [6.45, 7) is 5.93. The molecule has 0 radical (unpaired) electrons. The van der Waals surface area contributed by atoms with Crippen molar-refractivity contribution in [1.82, 2.24) is 19.5 Å². The lowest BCUT2D eigenvalue weighted by atomic mass is 10.2. The predicted molar refractivity (Wildman–Crippen MR) is 118 cm³/mol. The predicted octanol–water partition coefficient (Wildman–Crippen LogP) is 3.08. The van der Waals surface area contributed by atoms with Gasteiger partial charge >= 0.3 is 0 Å². The van der Waals surface area contributed by atoms with Crippen molar-refractivity contribution >= 4 is 46.1 Å². The second-order valence-electron chi connectivity index (χ2n) is 6.92. The van der Waals surface area contributed by atoms with E-state index in [1.54, 1.807) is 12.4 Å². The smallest absolute Gasteiger partial charge is 0.229 e. The number of imidazole rings is 1. The second kappa shape index (κ2) is 9.58. The zero-order chi connectivity index (χ0) is 21.0. The van der Waals surface area contributed by atoms with Gasteiger partial charge in [-0.2, -0.15) is 9.97 Å². The van der Waals surface area contributed by atoms with Crippen LogP contribution in [0.25, 0.3) is 11.2 Å². The van der Waals surface area contributed by atoms with E-state index in [4.69, 9.17) is 33.9 Å². The number of nitrogens with zero attached hydrogens (tertiary/aromatic N) is 5.